The van der Waals surface area contributed by atoms with Crippen LogP contribution in [0.1, 0.15) is 22.0 Å². The van der Waals surface area contributed by atoms with Crippen LogP contribution in [0.2, 0.25) is 0 Å². The minimum Gasteiger partial charge on any atom is -0.492 e. The van der Waals surface area contributed by atoms with Crippen LogP contribution in [0.3, 0.4) is 0 Å². The third-order valence-corrected chi connectivity index (χ3v) is 3.60. The van der Waals surface area contributed by atoms with E-state index in [2.05, 4.69) is 5.32 Å². The first-order chi connectivity index (χ1) is 10.2. The number of thiophene rings is 1. The number of aliphatic hydroxyl groups excluding tert-OH is 1. The Morgan fingerprint density at radius 2 is 2.24 bits per heavy atom. The van der Waals surface area contributed by atoms with Crippen molar-refractivity contribution >= 4 is 17.3 Å². The molecule has 0 amide bonds. The number of rotatable bonds is 8. The fourth-order valence-electron chi connectivity index (χ4n) is 1.78. The van der Waals surface area contributed by atoms with Gasteiger partial charge in [-0.1, -0.05) is 6.07 Å². The second-order valence-electron chi connectivity index (χ2n) is 4.46. The molecule has 1 atom stereocenters. The summed E-state index contributed by atoms with van der Waals surface area (Å²) in [6.45, 7) is 1.42. The van der Waals surface area contributed by atoms with Crippen molar-refractivity contribution in [3.05, 3.63) is 52.2 Å². The maximum atomic E-state index is 10.8. The molecule has 0 saturated carbocycles. The average Bonchev–Trinajstić information content (AvgIpc) is 3.01. The molecule has 0 aliphatic carbocycles. The lowest BCUT2D eigenvalue weighted by atomic mass is 10.2. The standard InChI is InChI=1S/C15H17NO4S/c17-14(12-4-7-21-10-12)9-16-5-6-20-13-3-1-2-11(8-13)15(18)19/h1-4,7-8,10,14,16-17H,5-6,9H2,(H,18,19). The summed E-state index contributed by atoms with van der Waals surface area (Å²) in [5.74, 6) is -0.451. The van der Waals surface area contributed by atoms with E-state index in [1.165, 1.54) is 12.1 Å². The maximum absolute atomic E-state index is 10.8. The summed E-state index contributed by atoms with van der Waals surface area (Å²) >= 11 is 1.55. The number of carbonyl (C=O) groups is 1. The summed E-state index contributed by atoms with van der Waals surface area (Å²) in [5.41, 5.74) is 1.11. The predicted molar refractivity (Wildman–Crippen MR) is 81.0 cm³/mol. The van der Waals surface area contributed by atoms with Gasteiger partial charge in [0.25, 0.3) is 0 Å². The van der Waals surface area contributed by atoms with Gasteiger partial charge in [-0.05, 0) is 40.6 Å². The summed E-state index contributed by atoms with van der Waals surface area (Å²) in [5, 5.41) is 25.7. The highest BCUT2D eigenvalue weighted by Crippen LogP contribution is 2.15. The second-order valence-corrected chi connectivity index (χ2v) is 5.24. The van der Waals surface area contributed by atoms with Crippen LogP contribution in [-0.2, 0) is 0 Å². The van der Waals surface area contributed by atoms with E-state index in [9.17, 15) is 9.90 Å². The minimum atomic E-state index is -0.975. The number of carboxylic acid groups (broad SMARTS) is 1. The van der Waals surface area contributed by atoms with E-state index in [4.69, 9.17) is 9.84 Å². The molecular formula is C15H17NO4S. The number of benzene rings is 1. The monoisotopic (exact) mass is 307 g/mol. The van der Waals surface area contributed by atoms with Gasteiger partial charge in [-0.2, -0.15) is 11.3 Å². The van der Waals surface area contributed by atoms with Crippen LogP contribution in [-0.4, -0.2) is 35.9 Å². The number of ether oxygens (including phenoxy) is 1. The normalized spacial score (nSPS) is 12.0. The number of nitrogens with one attached hydrogen (secondary N) is 1. The molecule has 1 unspecified atom stereocenters. The predicted octanol–water partition coefficient (Wildman–Crippen LogP) is 2.15. The first-order valence-electron chi connectivity index (χ1n) is 6.54. The van der Waals surface area contributed by atoms with Crippen molar-refractivity contribution in [1.82, 2.24) is 5.32 Å². The van der Waals surface area contributed by atoms with E-state index < -0.39 is 12.1 Å². The fourth-order valence-corrected chi connectivity index (χ4v) is 2.49. The van der Waals surface area contributed by atoms with Gasteiger partial charge < -0.3 is 20.3 Å². The van der Waals surface area contributed by atoms with Crippen molar-refractivity contribution in [3.8, 4) is 5.75 Å². The number of hydrogen-bond acceptors (Lipinski definition) is 5. The number of aromatic carboxylic acids is 1. The van der Waals surface area contributed by atoms with Crippen molar-refractivity contribution in [1.29, 1.82) is 0 Å². The zero-order chi connectivity index (χ0) is 15.1. The molecule has 2 aromatic rings. The number of aliphatic hydroxyl groups is 1. The third-order valence-electron chi connectivity index (χ3n) is 2.89. The van der Waals surface area contributed by atoms with Crippen molar-refractivity contribution in [2.45, 2.75) is 6.10 Å². The first-order valence-corrected chi connectivity index (χ1v) is 7.48. The van der Waals surface area contributed by atoms with Crippen LogP contribution >= 0.6 is 11.3 Å². The molecule has 1 heterocycles. The van der Waals surface area contributed by atoms with Gasteiger partial charge >= 0.3 is 5.97 Å². The van der Waals surface area contributed by atoms with Crippen LogP contribution in [0, 0.1) is 0 Å². The summed E-state index contributed by atoms with van der Waals surface area (Å²) in [6, 6.07) is 8.26. The molecule has 0 aliphatic heterocycles. The smallest absolute Gasteiger partial charge is 0.335 e. The van der Waals surface area contributed by atoms with E-state index in [-0.39, 0.29) is 5.56 Å². The summed E-state index contributed by atoms with van der Waals surface area (Å²) in [4.78, 5) is 10.8. The Bertz CT molecular complexity index is 571. The maximum Gasteiger partial charge on any atom is 0.335 e. The second kappa shape index (κ2) is 7.78. The zero-order valence-electron chi connectivity index (χ0n) is 11.4. The lowest BCUT2D eigenvalue weighted by Crippen LogP contribution is -2.26. The van der Waals surface area contributed by atoms with Crippen LogP contribution in [0.4, 0.5) is 0 Å². The van der Waals surface area contributed by atoms with Gasteiger partial charge in [0.05, 0.1) is 11.7 Å². The highest BCUT2D eigenvalue weighted by Gasteiger charge is 2.07. The molecule has 0 spiro atoms. The SMILES string of the molecule is O=C(O)c1cccc(OCCNCC(O)c2ccsc2)c1. The molecule has 5 nitrogen and oxygen atoms in total. The van der Waals surface area contributed by atoms with E-state index >= 15 is 0 Å². The van der Waals surface area contributed by atoms with E-state index in [0.717, 1.165) is 5.56 Å². The van der Waals surface area contributed by atoms with Crippen molar-refractivity contribution < 1.29 is 19.7 Å². The topological polar surface area (TPSA) is 78.8 Å². The molecule has 0 radical (unpaired) electrons. The van der Waals surface area contributed by atoms with Gasteiger partial charge in [0.2, 0.25) is 0 Å². The molecule has 1 aromatic carbocycles. The summed E-state index contributed by atoms with van der Waals surface area (Å²) < 4.78 is 5.46. The van der Waals surface area contributed by atoms with Crippen molar-refractivity contribution in [2.24, 2.45) is 0 Å². The average molecular weight is 307 g/mol. The highest BCUT2D eigenvalue weighted by atomic mass is 32.1. The number of hydrogen-bond donors (Lipinski definition) is 3. The van der Waals surface area contributed by atoms with Crippen molar-refractivity contribution in [3.63, 3.8) is 0 Å². The van der Waals surface area contributed by atoms with Gasteiger partial charge in [-0.25, -0.2) is 4.79 Å². The Labute approximate surface area is 126 Å². The lowest BCUT2D eigenvalue weighted by Gasteiger charge is -2.11. The van der Waals surface area contributed by atoms with Gasteiger partial charge in [-0.15, -0.1) is 0 Å². The molecular weight excluding hydrogens is 290 g/mol. The molecule has 1 aromatic heterocycles. The Morgan fingerprint density at radius 1 is 1.38 bits per heavy atom. The van der Waals surface area contributed by atoms with Crippen LogP contribution in [0.25, 0.3) is 0 Å². The van der Waals surface area contributed by atoms with Crippen LogP contribution < -0.4 is 10.1 Å². The van der Waals surface area contributed by atoms with Crippen molar-refractivity contribution in [2.75, 3.05) is 19.7 Å². The largest absolute Gasteiger partial charge is 0.492 e. The summed E-state index contributed by atoms with van der Waals surface area (Å²) in [7, 11) is 0. The Kier molecular flexibility index (Phi) is 5.74. The summed E-state index contributed by atoms with van der Waals surface area (Å²) in [6.07, 6.45) is -0.522. The lowest BCUT2D eigenvalue weighted by molar-refractivity contribution is 0.0696. The Hall–Kier alpha value is -1.89. The van der Waals surface area contributed by atoms with Gasteiger partial charge in [0, 0.05) is 13.1 Å². The molecule has 3 N–H and O–H groups in total. The Balaban J connectivity index is 1.68. The molecule has 0 saturated heterocycles. The number of carboxylic acids is 1. The fraction of sp³-hybridized carbons (Fsp3) is 0.267. The van der Waals surface area contributed by atoms with Gasteiger partial charge in [0.15, 0.2) is 0 Å². The minimum absolute atomic E-state index is 0.202. The van der Waals surface area contributed by atoms with E-state index in [1.807, 2.05) is 16.8 Å². The van der Waals surface area contributed by atoms with Crippen LogP contribution in [0.15, 0.2) is 41.1 Å². The first kappa shape index (κ1) is 15.5. The van der Waals surface area contributed by atoms with Gasteiger partial charge in [-0.3, -0.25) is 0 Å². The molecule has 2 rings (SSSR count). The third kappa shape index (κ3) is 4.86. The van der Waals surface area contributed by atoms with E-state index in [1.54, 1.807) is 23.5 Å². The molecule has 0 bridgehead atoms. The molecule has 6 heteroatoms. The molecule has 0 fully saturated rings. The Morgan fingerprint density at radius 3 is 2.95 bits per heavy atom. The van der Waals surface area contributed by atoms with E-state index in [0.29, 0.717) is 25.4 Å². The molecule has 21 heavy (non-hydrogen) atoms. The zero-order valence-corrected chi connectivity index (χ0v) is 12.2. The van der Waals surface area contributed by atoms with Gasteiger partial charge in [0.1, 0.15) is 12.4 Å². The molecule has 0 aliphatic rings. The highest BCUT2D eigenvalue weighted by molar-refractivity contribution is 7.07. The quantitative estimate of drug-likeness (QED) is 0.651. The molecule has 112 valence electrons. The van der Waals surface area contributed by atoms with Crippen LogP contribution in [0.5, 0.6) is 5.75 Å².